The molecule has 3 nitrogen and oxygen atoms in total. The highest BCUT2D eigenvalue weighted by Gasteiger charge is 2.46. The van der Waals surface area contributed by atoms with Gasteiger partial charge < -0.3 is 10.6 Å². The van der Waals surface area contributed by atoms with Gasteiger partial charge in [0.1, 0.15) is 6.04 Å². The number of anilines is 1. The fourth-order valence-corrected chi connectivity index (χ4v) is 2.81. The van der Waals surface area contributed by atoms with E-state index in [2.05, 4.69) is 50.2 Å². The summed E-state index contributed by atoms with van der Waals surface area (Å²) >= 11 is 0. The van der Waals surface area contributed by atoms with Crippen molar-refractivity contribution in [2.75, 3.05) is 4.90 Å². The minimum atomic E-state index is -0.446. The van der Waals surface area contributed by atoms with E-state index in [9.17, 15) is 4.79 Å². The number of hydrogen-bond donors (Lipinski definition) is 1. The zero-order chi connectivity index (χ0) is 15.0. The van der Waals surface area contributed by atoms with Crippen LogP contribution in [-0.4, -0.2) is 11.9 Å². The number of nitrogens with zero attached hydrogens (tertiary/aromatic N) is 1. The van der Waals surface area contributed by atoms with Crippen LogP contribution in [0.2, 0.25) is 0 Å². The van der Waals surface area contributed by atoms with Crippen molar-refractivity contribution >= 4 is 11.6 Å². The van der Waals surface area contributed by atoms with Crippen LogP contribution in [0.4, 0.5) is 5.69 Å². The van der Waals surface area contributed by atoms with Gasteiger partial charge in [0, 0.05) is 5.69 Å². The number of carbonyl (C=O) groups excluding carboxylic acids is 1. The summed E-state index contributed by atoms with van der Waals surface area (Å²) in [6.45, 7) is 4.17. The van der Waals surface area contributed by atoms with Gasteiger partial charge in [0.05, 0.1) is 6.04 Å². The summed E-state index contributed by atoms with van der Waals surface area (Å²) in [5, 5.41) is 0. The van der Waals surface area contributed by atoms with E-state index in [1.165, 1.54) is 11.1 Å². The Hall–Kier alpha value is -2.13. The van der Waals surface area contributed by atoms with E-state index in [1.54, 1.807) is 4.90 Å². The topological polar surface area (TPSA) is 46.3 Å². The van der Waals surface area contributed by atoms with Gasteiger partial charge in [-0.25, -0.2) is 0 Å². The van der Waals surface area contributed by atoms with E-state index in [1.807, 2.05) is 12.1 Å². The zero-order valence-electron chi connectivity index (χ0n) is 12.4. The third kappa shape index (κ3) is 2.34. The minimum absolute atomic E-state index is 0.00942. The highest BCUT2D eigenvalue weighted by molar-refractivity contribution is 6.05. The van der Waals surface area contributed by atoms with Crippen LogP contribution in [0.3, 0.4) is 0 Å². The first-order valence-corrected chi connectivity index (χ1v) is 7.36. The Morgan fingerprint density at radius 2 is 1.67 bits per heavy atom. The van der Waals surface area contributed by atoms with Gasteiger partial charge in [0.25, 0.3) is 0 Å². The fourth-order valence-electron chi connectivity index (χ4n) is 2.81. The normalized spacial score (nSPS) is 21.3. The lowest BCUT2D eigenvalue weighted by molar-refractivity contribution is -0.126. The van der Waals surface area contributed by atoms with Gasteiger partial charge in [-0.15, -0.1) is 0 Å². The molecule has 1 aliphatic heterocycles. The maximum absolute atomic E-state index is 12.2. The molecule has 3 rings (SSSR count). The second-order valence-electron chi connectivity index (χ2n) is 5.61. The highest BCUT2D eigenvalue weighted by Crippen LogP contribution is 2.38. The monoisotopic (exact) mass is 280 g/mol. The number of aryl methyl sites for hydroxylation is 2. The number of rotatable bonds is 3. The summed E-state index contributed by atoms with van der Waals surface area (Å²) in [4.78, 5) is 14.0. The number of benzene rings is 2. The van der Waals surface area contributed by atoms with E-state index in [4.69, 9.17) is 5.73 Å². The molecule has 21 heavy (non-hydrogen) atoms. The standard InChI is InChI=1S/C18H20N2O/c1-3-13-6-10-15(11-7-13)20-17(16(19)18(20)21)14-8-4-12(2)5-9-14/h4-11,16-17H,3,19H2,1-2H3/t16-,17+/m0/s1. The van der Waals surface area contributed by atoms with Crippen LogP contribution >= 0.6 is 0 Å². The van der Waals surface area contributed by atoms with Gasteiger partial charge in [0.2, 0.25) is 5.91 Å². The summed E-state index contributed by atoms with van der Waals surface area (Å²) < 4.78 is 0. The first-order valence-electron chi connectivity index (χ1n) is 7.36. The van der Waals surface area contributed by atoms with Crippen LogP contribution in [0.5, 0.6) is 0 Å². The molecular weight excluding hydrogens is 260 g/mol. The van der Waals surface area contributed by atoms with Crippen molar-refractivity contribution in [2.45, 2.75) is 32.4 Å². The Balaban J connectivity index is 1.92. The third-order valence-electron chi connectivity index (χ3n) is 4.18. The molecule has 0 aromatic heterocycles. The SMILES string of the molecule is CCc1ccc(N2C(=O)[C@@H](N)[C@H]2c2ccc(C)cc2)cc1. The summed E-state index contributed by atoms with van der Waals surface area (Å²) in [7, 11) is 0. The van der Waals surface area contributed by atoms with Gasteiger partial charge >= 0.3 is 0 Å². The summed E-state index contributed by atoms with van der Waals surface area (Å²) in [6, 6.07) is 15.9. The van der Waals surface area contributed by atoms with E-state index in [0.29, 0.717) is 0 Å². The molecule has 1 saturated heterocycles. The first kappa shape index (κ1) is 13.8. The number of carbonyl (C=O) groups is 1. The van der Waals surface area contributed by atoms with Crippen molar-refractivity contribution in [2.24, 2.45) is 5.73 Å². The average Bonchev–Trinajstić information content (AvgIpc) is 2.53. The van der Waals surface area contributed by atoms with Crippen molar-refractivity contribution in [3.8, 4) is 0 Å². The molecule has 1 aliphatic rings. The molecule has 1 fully saturated rings. The van der Waals surface area contributed by atoms with Crippen molar-refractivity contribution in [3.05, 3.63) is 65.2 Å². The number of nitrogens with two attached hydrogens (primary N) is 1. The molecule has 3 heteroatoms. The van der Waals surface area contributed by atoms with E-state index < -0.39 is 6.04 Å². The van der Waals surface area contributed by atoms with E-state index >= 15 is 0 Å². The molecule has 0 aliphatic carbocycles. The third-order valence-corrected chi connectivity index (χ3v) is 4.18. The lowest BCUT2D eigenvalue weighted by atomic mass is 9.88. The predicted octanol–water partition coefficient (Wildman–Crippen LogP) is 2.97. The van der Waals surface area contributed by atoms with Crippen molar-refractivity contribution in [3.63, 3.8) is 0 Å². The molecule has 2 atom stereocenters. The smallest absolute Gasteiger partial charge is 0.247 e. The van der Waals surface area contributed by atoms with E-state index in [-0.39, 0.29) is 11.9 Å². The van der Waals surface area contributed by atoms with Gasteiger partial charge in [-0.05, 0) is 36.6 Å². The molecule has 0 spiro atoms. The van der Waals surface area contributed by atoms with Gasteiger partial charge in [0.15, 0.2) is 0 Å². The summed E-state index contributed by atoms with van der Waals surface area (Å²) in [5.74, 6) is -0.00942. The Morgan fingerprint density at radius 1 is 1.05 bits per heavy atom. The lowest BCUT2D eigenvalue weighted by Crippen LogP contribution is -2.63. The highest BCUT2D eigenvalue weighted by atomic mass is 16.2. The maximum Gasteiger partial charge on any atom is 0.247 e. The average molecular weight is 280 g/mol. The summed E-state index contributed by atoms with van der Waals surface area (Å²) in [6.07, 6.45) is 0.995. The second-order valence-corrected chi connectivity index (χ2v) is 5.61. The van der Waals surface area contributed by atoms with Crippen LogP contribution in [0.1, 0.15) is 29.7 Å². The quantitative estimate of drug-likeness (QED) is 0.879. The van der Waals surface area contributed by atoms with Crippen molar-refractivity contribution in [1.82, 2.24) is 0 Å². The molecule has 0 bridgehead atoms. The van der Waals surface area contributed by atoms with E-state index in [0.717, 1.165) is 17.7 Å². The van der Waals surface area contributed by atoms with Gasteiger partial charge in [-0.1, -0.05) is 48.9 Å². The Kier molecular flexibility index (Phi) is 3.52. The first-order chi connectivity index (χ1) is 10.1. The van der Waals surface area contributed by atoms with Crippen LogP contribution < -0.4 is 10.6 Å². The van der Waals surface area contributed by atoms with Crippen LogP contribution in [0, 0.1) is 6.92 Å². The summed E-state index contributed by atoms with van der Waals surface area (Å²) in [5.41, 5.74) is 10.5. The van der Waals surface area contributed by atoms with Gasteiger partial charge in [-0.2, -0.15) is 0 Å². The Labute approximate surface area is 125 Å². The molecule has 0 unspecified atom stereocenters. The van der Waals surface area contributed by atoms with Crippen molar-refractivity contribution in [1.29, 1.82) is 0 Å². The largest absolute Gasteiger partial charge is 0.318 e. The Morgan fingerprint density at radius 3 is 2.24 bits per heavy atom. The number of amides is 1. The van der Waals surface area contributed by atoms with Gasteiger partial charge in [-0.3, -0.25) is 4.79 Å². The molecule has 108 valence electrons. The Bertz CT molecular complexity index is 646. The molecule has 1 heterocycles. The molecule has 1 amide bonds. The fraction of sp³-hybridized carbons (Fsp3) is 0.278. The number of hydrogen-bond acceptors (Lipinski definition) is 2. The molecule has 2 aromatic rings. The molecule has 2 aromatic carbocycles. The van der Waals surface area contributed by atoms with Crippen molar-refractivity contribution < 1.29 is 4.79 Å². The number of β-lactam (4-membered cyclic amide) rings is 1. The molecule has 0 saturated carbocycles. The van der Waals surface area contributed by atoms with Crippen LogP contribution in [0.15, 0.2) is 48.5 Å². The molecule has 2 N–H and O–H groups in total. The predicted molar refractivity (Wildman–Crippen MR) is 85.2 cm³/mol. The zero-order valence-corrected chi connectivity index (χ0v) is 12.4. The minimum Gasteiger partial charge on any atom is -0.318 e. The molecular formula is C18H20N2O. The lowest BCUT2D eigenvalue weighted by Gasteiger charge is -2.45. The van der Waals surface area contributed by atoms with Crippen LogP contribution in [0.25, 0.3) is 0 Å². The maximum atomic E-state index is 12.2. The molecule has 0 radical (unpaired) electrons. The second kappa shape index (κ2) is 5.34. The van der Waals surface area contributed by atoms with Crippen LogP contribution in [-0.2, 0) is 11.2 Å².